The molecule has 112 valence electrons. The van der Waals surface area contributed by atoms with Crippen molar-refractivity contribution < 1.29 is 13.9 Å². The zero-order valence-electron chi connectivity index (χ0n) is 11.6. The Morgan fingerprint density at radius 2 is 2.09 bits per heavy atom. The van der Waals surface area contributed by atoms with Crippen molar-refractivity contribution in [2.75, 3.05) is 13.3 Å². The predicted octanol–water partition coefficient (Wildman–Crippen LogP) is 1.84. The molecule has 0 atom stereocenters. The van der Waals surface area contributed by atoms with Crippen molar-refractivity contribution >= 4 is 11.6 Å². The number of fused-ring (bicyclic) bond motifs is 1. The van der Waals surface area contributed by atoms with Crippen LogP contribution in [0.4, 0.5) is 4.39 Å². The molecular weight excluding hydrogens is 287 g/mol. The number of halogens is 1. The monoisotopic (exact) mass is 300 g/mol. The lowest BCUT2D eigenvalue weighted by Gasteiger charge is -2.07. The lowest BCUT2D eigenvalue weighted by Crippen LogP contribution is -2.12. The van der Waals surface area contributed by atoms with E-state index in [4.69, 9.17) is 10.5 Å². The van der Waals surface area contributed by atoms with Crippen molar-refractivity contribution in [1.82, 2.24) is 14.6 Å². The smallest absolute Gasteiger partial charge is 0.252 e. The summed E-state index contributed by atoms with van der Waals surface area (Å²) < 4.78 is 19.1. The van der Waals surface area contributed by atoms with Gasteiger partial charge in [0.05, 0.1) is 11.1 Å². The molecule has 2 heterocycles. The van der Waals surface area contributed by atoms with Crippen LogP contribution in [0.5, 0.6) is 5.75 Å². The van der Waals surface area contributed by atoms with Crippen LogP contribution in [0.15, 0.2) is 42.6 Å². The Morgan fingerprint density at radius 3 is 2.86 bits per heavy atom. The summed E-state index contributed by atoms with van der Waals surface area (Å²) >= 11 is 0. The molecule has 0 aliphatic heterocycles. The molecule has 0 saturated carbocycles. The maximum Gasteiger partial charge on any atom is 0.252 e. The number of benzene rings is 1. The van der Waals surface area contributed by atoms with E-state index in [0.717, 1.165) is 0 Å². The topological polar surface area (TPSA) is 82.5 Å². The Bertz CT molecular complexity index is 831. The van der Waals surface area contributed by atoms with E-state index in [2.05, 4.69) is 10.1 Å². The van der Waals surface area contributed by atoms with Gasteiger partial charge in [-0.05, 0) is 24.3 Å². The quantitative estimate of drug-likeness (QED) is 0.779. The Balaban J connectivity index is 2.11. The number of carbonyl (C=O) groups excluding carboxylic acids is 1. The lowest BCUT2D eigenvalue weighted by molar-refractivity contribution is 0.100. The number of nitrogens with zero attached hydrogens (tertiary/aromatic N) is 3. The number of ether oxygens (including phenoxy) is 1. The minimum atomic E-state index is -0.585. The van der Waals surface area contributed by atoms with E-state index in [-0.39, 0.29) is 12.2 Å². The fourth-order valence-corrected chi connectivity index (χ4v) is 2.14. The largest absolute Gasteiger partial charge is 0.490 e. The average molecular weight is 300 g/mol. The molecule has 0 bridgehead atoms. The van der Waals surface area contributed by atoms with Crippen LogP contribution in [0, 0.1) is 0 Å². The average Bonchev–Trinajstić information content (AvgIpc) is 2.96. The van der Waals surface area contributed by atoms with Crippen LogP contribution in [0.3, 0.4) is 0 Å². The molecular formula is C15H13FN4O2. The van der Waals surface area contributed by atoms with E-state index in [0.29, 0.717) is 22.8 Å². The third-order valence-electron chi connectivity index (χ3n) is 3.09. The maximum absolute atomic E-state index is 12.3. The first-order chi connectivity index (χ1) is 10.7. The highest BCUT2D eigenvalue weighted by Gasteiger charge is 2.15. The summed E-state index contributed by atoms with van der Waals surface area (Å²) in [5, 5.41) is 4.32. The molecule has 2 aromatic heterocycles. The number of carbonyl (C=O) groups is 1. The molecule has 0 radical (unpaired) electrons. The first-order valence-electron chi connectivity index (χ1n) is 6.64. The number of aromatic nitrogens is 3. The van der Waals surface area contributed by atoms with E-state index in [1.54, 1.807) is 42.6 Å². The molecule has 3 aromatic rings. The van der Waals surface area contributed by atoms with Crippen molar-refractivity contribution in [2.24, 2.45) is 5.73 Å². The second-order valence-electron chi connectivity index (χ2n) is 4.52. The first-order valence-corrected chi connectivity index (χ1v) is 6.64. The standard InChI is InChI=1S/C15H13FN4O2/c16-7-9-22-12-6-2-1-4-10(12)14-18-15-11(13(17)21)5-3-8-20(15)19-14/h1-6,8H,7,9H2,(H2,17,21). The van der Waals surface area contributed by atoms with Crippen LogP contribution in [-0.4, -0.2) is 33.8 Å². The minimum absolute atomic E-state index is 0.0447. The number of alkyl halides is 1. The Kier molecular flexibility index (Phi) is 3.69. The molecule has 1 aromatic carbocycles. The zero-order valence-corrected chi connectivity index (χ0v) is 11.6. The number of pyridine rings is 1. The predicted molar refractivity (Wildman–Crippen MR) is 78.4 cm³/mol. The number of rotatable bonds is 5. The van der Waals surface area contributed by atoms with Gasteiger partial charge < -0.3 is 10.5 Å². The lowest BCUT2D eigenvalue weighted by atomic mass is 10.2. The van der Waals surface area contributed by atoms with Gasteiger partial charge in [-0.1, -0.05) is 12.1 Å². The van der Waals surface area contributed by atoms with Gasteiger partial charge in [-0.25, -0.2) is 13.9 Å². The second kappa shape index (κ2) is 5.80. The van der Waals surface area contributed by atoms with Gasteiger partial charge >= 0.3 is 0 Å². The molecule has 7 heteroatoms. The summed E-state index contributed by atoms with van der Waals surface area (Å²) in [4.78, 5) is 15.8. The summed E-state index contributed by atoms with van der Waals surface area (Å²) in [6, 6.07) is 10.3. The molecule has 0 aliphatic carbocycles. The third kappa shape index (κ3) is 2.48. The Morgan fingerprint density at radius 1 is 1.27 bits per heavy atom. The van der Waals surface area contributed by atoms with Crippen molar-refractivity contribution in [3.05, 3.63) is 48.2 Å². The zero-order chi connectivity index (χ0) is 15.5. The van der Waals surface area contributed by atoms with Crippen LogP contribution in [0.2, 0.25) is 0 Å². The summed E-state index contributed by atoms with van der Waals surface area (Å²) in [5.41, 5.74) is 6.60. The van der Waals surface area contributed by atoms with E-state index in [9.17, 15) is 9.18 Å². The second-order valence-corrected chi connectivity index (χ2v) is 4.52. The van der Waals surface area contributed by atoms with Gasteiger partial charge in [-0.3, -0.25) is 4.79 Å². The van der Waals surface area contributed by atoms with Crippen molar-refractivity contribution in [3.63, 3.8) is 0 Å². The Hall–Kier alpha value is -2.96. The molecule has 0 aliphatic rings. The highest BCUT2D eigenvalue weighted by Crippen LogP contribution is 2.28. The van der Waals surface area contributed by atoms with Crippen LogP contribution in [0.25, 0.3) is 17.0 Å². The third-order valence-corrected chi connectivity index (χ3v) is 3.09. The van der Waals surface area contributed by atoms with Gasteiger partial charge in [-0.2, -0.15) is 0 Å². The molecule has 0 unspecified atom stereocenters. The van der Waals surface area contributed by atoms with Crippen molar-refractivity contribution in [2.45, 2.75) is 0 Å². The van der Waals surface area contributed by atoms with Crippen molar-refractivity contribution in [3.8, 4) is 17.1 Å². The summed E-state index contributed by atoms with van der Waals surface area (Å²) in [7, 11) is 0. The number of amides is 1. The van der Waals surface area contributed by atoms with Gasteiger partial charge in [0.2, 0.25) is 0 Å². The number of hydrogen-bond acceptors (Lipinski definition) is 4. The molecule has 1 amide bonds. The van der Waals surface area contributed by atoms with Gasteiger partial charge in [0.15, 0.2) is 11.5 Å². The Labute approximate surface area is 125 Å². The van der Waals surface area contributed by atoms with Gasteiger partial charge in [0.1, 0.15) is 19.0 Å². The molecule has 0 fully saturated rings. The highest BCUT2D eigenvalue weighted by molar-refractivity contribution is 5.98. The van der Waals surface area contributed by atoms with E-state index in [1.807, 2.05) is 0 Å². The molecule has 0 spiro atoms. The summed E-state index contributed by atoms with van der Waals surface area (Å²) in [6.07, 6.45) is 1.67. The fraction of sp³-hybridized carbons (Fsp3) is 0.133. The van der Waals surface area contributed by atoms with E-state index >= 15 is 0 Å². The number of nitrogens with two attached hydrogens (primary N) is 1. The van der Waals surface area contributed by atoms with Crippen LogP contribution < -0.4 is 10.5 Å². The van der Waals surface area contributed by atoms with Crippen LogP contribution in [-0.2, 0) is 0 Å². The van der Waals surface area contributed by atoms with Gasteiger partial charge in [0, 0.05) is 6.20 Å². The molecule has 22 heavy (non-hydrogen) atoms. The number of hydrogen-bond donors (Lipinski definition) is 1. The highest BCUT2D eigenvalue weighted by atomic mass is 19.1. The molecule has 0 saturated heterocycles. The van der Waals surface area contributed by atoms with Gasteiger partial charge in [0.25, 0.3) is 5.91 Å². The maximum atomic E-state index is 12.3. The number of primary amides is 1. The van der Waals surface area contributed by atoms with Crippen LogP contribution in [0.1, 0.15) is 10.4 Å². The van der Waals surface area contributed by atoms with E-state index < -0.39 is 12.6 Å². The SMILES string of the molecule is NC(=O)c1cccn2nc(-c3ccccc3OCCF)nc12. The first kappa shape index (κ1) is 14.0. The van der Waals surface area contributed by atoms with E-state index in [1.165, 1.54) is 4.52 Å². The van der Waals surface area contributed by atoms with Crippen molar-refractivity contribution in [1.29, 1.82) is 0 Å². The summed E-state index contributed by atoms with van der Waals surface area (Å²) in [5.74, 6) is 0.284. The molecule has 3 rings (SSSR count). The minimum Gasteiger partial charge on any atom is -0.490 e. The summed E-state index contributed by atoms with van der Waals surface area (Å²) in [6.45, 7) is -0.629. The van der Waals surface area contributed by atoms with Crippen LogP contribution >= 0.6 is 0 Å². The molecule has 6 nitrogen and oxygen atoms in total. The molecule has 2 N–H and O–H groups in total. The fourth-order valence-electron chi connectivity index (χ4n) is 2.14. The number of para-hydroxylation sites is 1. The van der Waals surface area contributed by atoms with Gasteiger partial charge in [-0.15, -0.1) is 5.10 Å². The normalized spacial score (nSPS) is 10.8.